The van der Waals surface area contributed by atoms with E-state index in [1.165, 1.54) is 32.1 Å². The number of hydrogen-bond donors (Lipinski definition) is 1. The molecule has 1 fully saturated rings. The van der Waals surface area contributed by atoms with Crippen molar-refractivity contribution in [2.45, 2.75) is 51.6 Å². The molecule has 2 unspecified atom stereocenters. The van der Waals surface area contributed by atoms with Gasteiger partial charge >= 0.3 is 0 Å². The summed E-state index contributed by atoms with van der Waals surface area (Å²) in [4.78, 5) is 4.23. The fraction of sp³-hybridized carbons (Fsp3) is 0.833. The van der Waals surface area contributed by atoms with E-state index in [9.17, 15) is 0 Å². The number of aryl methyl sites for hydroxylation is 1. The Hall–Kier alpha value is -0.900. The maximum atomic E-state index is 4.23. The third kappa shape index (κ3) is 2.82. The molecule has 1 aromatic heterocycles. The first-order valence-electron chi connectivity index (χ1n) is 6.35. The second-order valence-corrected chi connectivity index (χ2v) is 4.82. The van der Waals surface area contributed by atoms with E-state index in [2.05, 4.69) is 22.3 Å². The van der Waals surface area contributed by atoms with Crippen LogP contribution in [0.4, 0.5) is 0 Å². The van der Waals surface area contributed by atoms with Crippen LogP contribution >= 0.6 is 0 Å². The molecular weight excluding hydrogens is 200 g/mol. The van der Waals surface area contributed by atoms with Crippen LogP contribution in [0.1, 0.15) is 44.9 Å². The lowest BCUT2D eigenvalue weighted by Crippen LogP contribution is -2.34. The molecule has 0 spiro atoms. The quantitative estimate of drug-likeness (QED) is 0.845. The molecule has 90 valence electrons. The van der Waals surface area contributed by atoms with Crippen molar-refractivity contribution < 1.29 is 0 Å². The van der Waals surface area contributed by atoms with Gasteiger partial charge in [-0.1, -0.05) is 26.2 Å². The molecule has 1 saturated carbocycles. The smallest absolute Gasteiger partial charge is 0.140 e. The Morgan fingerprint density at radius 3 is 3.06 bits per heavy atom. The Bertz CT molecular complexity index is 321. The Labute approximate surface area is 97.5 Å². The summed E-state index contributed by atoms with van der Waals surface area (Å²) in [5.41, 5.74) is 0. The highest BCUT2D eigenvalue weighted by Gasteiger charge is 2.20. The maximum absolute atomic E-state index is 4.23. The van der Waals surface area contributed by atoms with E-state index in [0.29, 0.717) is 6.04 Å². The Morgan fingerprint density at radius 1 is 1.50 bits per heavy atom. The van der Waals surface area contributed by atoms with Gasteiger partial charge in [-0.2, -0.15) is 5.10 Å². The predicted molar refractivity (Wildman–Crippen MR) is 63.9 cm³/mol. The number of nitrogens with one attached hydrogen (secondary N) is 1. The van der Waals surface area contributed by atoms with Crippen LogP contribution in [-0.4, -0.2) is 20.8 Å². The molecule has 2 rings (SSSR count). The van der Waals surface area contributed by atoms with Gasteiger partial charge in [-0.3, -0.25) is 4.68 Å². The monoisotopic (exact) mass is 222 g/mol. The van der Waals surface area contributed by atoms with Gasteiger partial charge in [0.25, 0.3) is 0 Å². The Kier molecular flexibility index (Phi) is 3.93. The summed E-state index contributed by atoms with van der Waals surface area (Å²) in [7, 11) is 1.94. The van der Waals surface area contributed by atoms with E-state index < -0.39 is 0 Å². The molecule has 4 heteroatoms. The van der Waals surface area contributed by atoms with Crippen molar-refractivity contribution >= 4 is 0 Å². The number of hydrogen-bond acceptors (Lipinski definition) is 3. The van der Waals surface area contributed by atoms with Gasteiger partial charge < -0.3 is 5.32 Å². The largest absolute Gasteiger partial charge is 0.307 e. The summed E-state index contributed by atoms with van der Waals surface area (Å²) in [5.74, 6) is 1.95. The average Bonchev–Trinajstić information content (AvgIpc) is 2.72. The molecule has 2 atom stereocenters. The summed E-state index contributed by atoms with van der Waals surface area (Å²) in [6.45, 7) is 3.15. The standard InChI is InChI=1S/C12H22N4/c1-3-10-5-4-6-11(7-10)13-8-12-14-9-15-16(12)2/h9-11,13H,3-8H2,1-2H3. The van der Waals surface area contributed by atoms with Crippen molar-refractivity contribution in [3.05, 3.63) is 12.2 Å². The van der Waals surface area contributed by atoms with Crippen LogP contribution in [0.15, 0.2) is 6.33 Å². The van der Waals surface area contributed by atoms with Gasteiger partial charge in [-0.15, -0.1) is 0 Å². The highest BCUT2D eigenvalue weighted by molar-refractivity contribution is 4.85. The van der Waals surface area contributed by atoms with E-state index >= 15 is 0 Å². The Balaban J connectivity index is 1.79. The molecule has 1 aromatic rings. The van der Waals surface area contributed by atoms with Crippen molar-refractivity contribution in [2.24, 2.45) is 13.0 Å². The molecule has 0 amide bonds. The van der Waals surface area contributed by atoms with Crippen LogP contribution in [0.5, 0.6) is 0 Å². The number of aromatic nitrogens is 3. The lowest BCUT2D eigenvalue weighted by Gasteiger charge is -2.29. The number of nitrogens with zero attached hydrogens (tertiary/aromatic N) is 3. The molecule has 1 aliphatic carbocycles. The molecule has 1 heterocycles. The van der Waals surface area contributed by atoms with Crippen molar-refractivity contribution in [1.29, 1.82) is 0 Å². The van der Waals surface area contributed by atoms with Gasteiger partial charge in [-0.05, 0) is 18.8 Å². The van der Waals surface area contributed by atoms with Crippen molar-refractivity contribution in [3.63, 3.8) is 0 Å². The third-order valence-corrected chi connectivity index (χ3v) is 3.71. The second-order valence-electron chi connectivity index (χ2n) is 4.82. The minimum absolute atomic E-state index is 0.676. The summed E-state index contributed by atoms with van der Waals surface area (Å²) >= 11 is 0. The summed E-state index contributed by atoms with van der Waals surface area (Å²) in [6, 6.07) is 0.676. The van der Waals surface area contributed by atoms with E-state index in [-0.39, 0.29) is 0 Å². The highest BCUT2D eigenvalue weighted by Crippen LogP contribution is 2.26. The first kappa shape index (κ1) is 11.6. The van der Waals surface area contributed by atoms with E-state index in [0.717, 1.165) is 18.3 Å². The van der Waals surface area contributed by atoms with Crippen LogP contribution in [0.3, 0.4) is 0 Å². The van der Waals surface area contributed by atoms with Crippen LogP contribution in [0.25, 0.3) is 0 Å². The fourth-order valence-electron chi connectivity index (χ4n) is 2.56. The molecule has 4 nitrogen and oxygen atoms in total. The Morgan fingerprint density at radius 2 is 2.38 bits per heavy atom. The van der Waals surface area contributed by atoms with Gasteiger partial charge in [0, 0.05) is 13.1 Å². The summed E-state index contributed by atoms with van der Waals surface area (Å²) in [5, 5.41) is 7.68. The average molecular weight is 222 g/mol. The zero-order chi connectivity index (χ0) is 11.4. The maximum Gasteiger partial charge on any atom is 0.140 e. The normalized spacial score (nSPS) is 25.9. The zero-order valence-electron chi connectivity index (χ0n) is 10.3. The zero-order valence-corrected chi connectivity index (χ0v) is 10.3. The van der Waals surface area contributed by atoms with Gasteiger partial charge in [0.2, 0.25) is 0 Å². The van der Waals surface area contributed by atoms with Crippen molar-refractivity contribution in [3.8, 4) is 0 Å². The van der Waals surface area contributed by atoms with Gasteiger partial charge in [0.1, 0.15) is 12.2 Å². The summed E-state index contributed by atoms with van der Waals surface area (Å²) < 4.78 is 1.84. The molecular formula is C12H22N4. The predicted octanol–water partition coefficient (Wildman–Crippen LogP) is 1.87. The lowest BCUT2D eigenvalue weighted by atomic mass is 9.84. The van der Waals surface area contributed by atoms with E-state index in [1.54, 1.807) is 6.33 Å². The van der Waals surface area contributed by atoms with Gasteiger partial charge in [0.05, 0.1) is 6.54 Å². The van der Waals surface area contributed by atoms with Crippen LogP contribution < -0.4 is 5.32 Å². The van der Waals surface area contributed by atoms with Gasteiger partial charge in [-0.25, -0.2) is 4.98 Å². The molecule has 1 aliphatic rings. The van der Waals surface area contributed by atoms with E-state index in [1.807, 2.05) is 11.7 Å². The van der Waals surface area contributed by atoms with Gasteiger partial charge in [0.15, 0.2) is 0 Å². The molecule has 0 aliphatic heterocycles. The molecule has 16 heavy (non-hydrogen) atoms. The van der Waals surface area contributed by atoms with Crippen LogP contribution in [0.2, 0.25) is 0 Å². The van der Waals surface area contributed by atoms with Crippen LogP contribution in [-0.2, 0) is 13.6 Å². The van der Waals surface area contributed by atoms with Crippen molar-refractivity contribution in [1.82, 2.24) is 20.1 Å². The molecule has 1 N–H and O–H groups in total. The molecule has 0 bridgehead atoms. The SMILES string of the molecule is CCC1CCCC(NCc2ncnn2C)C1. The first-order chi connectivity index (χ1) is 7.79. The lowest BCUT2D eigenvalue weighted by molar-refractivity contribution is 0.276. The fourth-order valence-corrected chi connectivity index (χ4v) is 2.56. The van der Waals surface area contributed by atoms with E-state index in [4.69, 9.17) is 0 Å². The highest BCUT2D eigenvalue weighted by atomic mass is 15.3. The molecule has 0 aromatic carbocycles. The molecule has 0 radical (unpaired) electrons. The minimum atomic E-state index is 0.676. The minimum Gasteiger partial charge on any atom is -0.307 e. The molecule has 0 saturated heterocycles. The third-order valence-electron chi connectivity index (χ3n) is 3.71. The topological polar surface area (TPSA) is 42.7 Å². The summed E-state index contributed by atoms with van der Waals surface area (Å²) in [6.07, 6.45) is 8.37. The van der Waals surface area contributed by atoms with Crippen LogP contribution in [0, 0.1) is 5.92 Å². The van der Waals surface area contributed by atoms with Crippen molar-refractivity contribution in [2.75, 3.05) is 0 Å². The number of rotatable bonds is 4. The first-order valence-corrected chi connectivity index (χ1v) is 6.35. The second kappa shape index (κ2) is 5.43.